The molecule has 4 rings (SSSR count). The van der Waals surface area contributed by atoms with Crippen LogP contribution >= 0.6 is 11.8 Å². The van der Waals surface area contributed by atoms with Crippen LogP contribution in [-0.4, -0.2) is 22.6 Å². The first-order valence-electron chi connectivity index (χ1n) is 12.3. The minimum Gasteiger partial charge on any atom is -0.467 e. The molecule has 3 aromatic rings. The number of amides is 3. The summed E-state index contributed by atoms with van der Waals surface area (Å²) < 4.78 is 5.38. The van der Waals surface area contributed by atoms with Gasteiger partial charge in [0.05, 0.1) is 12.8 Å². The molecule has 0 spiro atoms. The Labute approximate surface area is 221 Å². The highest BCUT2D eigenvalue weighted by molar-refractivity contribution is 8.04. The predicted molar refractivity (Wildman–Crippen MR) is 146 cm³/mol. The quantitative estimate of drug-likeness (QED) is 0.304. The largest absolute Gasteiger partial charge is 0.467 e. The number of benzene rings is 2. The fraction of sp³-hybridized carbons (Fsp3) is 0.276. The van der Waals surface area contributed by atoms with Crippen molar-refractivity contribution in [2.45, 2.75) is 51.5 Å². The Hall–Kier alpha value is -3.78. The zero-order chi connectivity index (χ0) is 26.5. The molecule has 7 nitrogen and oxygen atoms in total. The van der Waals surface area contributed by atoms with Crippen molar-refractivity contribution in [3.63, 3.8) is 0 Å². The Morgan fingerprint density at radius 3 is 2.19 bits per heavy atom. The molecule has 8 heteroatoms. The predicted octanol–water partition coefficient (Wildman–Crippen LogP) is 6.37. The standard InChI is InChI=1S/C29H31N3O4S/c1-18(2)16-25(33)30-21-11-13-24(14-12-21)37-27-26(31-22-9-7-20(8-10-22)19(3)4)28(34)32(29(27)35)17-23-6-5-15-36-23/h5-15,18-19,31H,16-17H2,1-4H3,(H,30,33). The van der Waals surface area contributed by atoms with Gasteiger partial charge in [0.25, 0.3) is 11.8 Å². The first kappa shape index (κ1) is 26.3. The summed E-state index contributed by atoms with van der Waals surface area (Å²) in [6, 6.07) is 18.5. The van der Waals surface area contributed by atoms with Crippen LogP contribution in [0, 0.1) is 5.92 Å². The number of nitrogens with zero attached hydrogens (tertiary/aromatic N) is 1. The first-order valence-corrected chi connectivity index (χ1v) is 13.1. The number of hydrogen-bond donors (Lipinski definition) is 2. The molecule has 2 aromatic carbocycles. The van der Waals surface area contributed by atoms with Gasteiger partial charge in [-0.25, -0.2) is 0 Å². The fourth-order valence-corrected chi connectivity index (χ4v) is 4.81. The Kier molecular flexibility index (Phi) is 8.18. The van der Waals surface area contributed by atoms with Gasteiger partial charge in [0.15, 0.2) is 0 Å². The summed E-state index contributed by atoms with van der Waals surface area (Å²) in [5.74, 6) is 0.338. The van der Waals surface area contributed by atoms with Gasteiger partial charge in [-0.1, -0.05) is 51.6 Å². The molecular formula is C29H31N3O4S. The summed E-state index contributed by atoms with van der Waals surface area (Å²) in [5.41, 5.74) is 2.82. The number of rotatable bonds is 10. The van der Waals surface area contributed by atoms with Crippen LogP contribution in [0.5, 0.6) is 0 Å². The van der Waals surface area contributed by atoms with Crippen LogP contribution in [0.4, 0.5) is 11.4 Å². The van der Waals surface area contributed by atoms with Crippen molar-refractivity contribution in [1.82, 2.24) is 4.90 Å². The zero-order valence-corrected chi connectivity index (χ0v) is 22.2. The van der Waals surface area contributed by atoms with E-state index in [4.69, 9.17) is 4.42 Å². The van der Waals surface area contributed by atoms with Crippen molar-refractivity contribution < 1.29 is 18.8 Å². The van der Waals surface area contributed by atoms with Gasteiger partial charge in [0.2, 0.25) is 5.91 Å². The second kappa shape index (κ2) is 11.5. The summed E-state index contributed by atoms with van der Waals surface area (Å²) >= 11 is 1.21. The molecule has 37 heavy (non-hydrogen) atoms. The van der Waals surface area contributed by atoms with E-state index in [1.807, 2.05) is 50.2 Å². The monoisotopic (exact) mass is 517 g/mol. The topological polar surface area (TPSA) is 91.7 Å². The normalized spacial score (nSPS) is 13.7. The van der Waals surface area contributed by atoms with Gasteiger partial charge in [0, 0.05) is 22.7 Å². The molecule has 0 atom stereocenters. The van der Waals surface area contributed by atoms with Crippen LogP contribution in [0.2, 0.25) is 0 Å². The zero-order valence-electron chi connectivity index (χ0n) is 21.4. The van der Waals surface area contributed by atoms with E-state index >= 15 is 0 Å². The highest BCUT2D eigenvalue weighted by atomic mass is 32.2. The van der Waals surface area contributed by atoms with Gasteiger partial charge in [-0.2, -0.15) is 0 Å². The van der Waals surface area contributed by atoms with Crippen molar-refractivity contribution in [2.24, 2.45) is 5.92 Å². The van der Waals surface area contributed by atoms with Crippen LogP contribution < -0.4 is 10.6 Å². The molecule has 2 heterocycles. The average molecular weight is 518 g/mol. The Morgan fingerprint density at radius 1 is 0.919 bits per heavy atom. The smallest absolute Gasteiger partial charge is 0.278 e. The molecule has 0 saturated carbocycles. The molecule has 1 aliphatic rings. The molecule has 192 valence electrons. The molecule has 0 fully saturated rings. The summed E-state index contributed by atoms with van der Waals surface area (Å²) in [7, 11) is 0. The number of carbonyl (C=O) groups excluding carboxylic acids is 3. The van der Waals surface area contributed by atoms with Gasteiger partial charge in [0.1, 0.15) is 16.4 Å². The third-order valence-electron chi connectivity index (χ3n) is 5.82. The van der Waals surface area contributed by atoms with Crippen molar-refractivity contribution in [2.75, 3.05) is 10.6 Å². The highest BCUT2D eigenvalue weighted by Gasteiger charge is 2.39. The lowest BCUT2D eigenvalue weighted by Crippen LogP contribution is -2.31. The fourth-order valence-electron chi connectivity index (χ4n) is 3.86. The number of imide groups is 1. The molecular weight excluding hydrogens is 486 g/mol. The minimum atomic E-state index is -0.408. The van der Waals surface area contributed by atoms with E-state index in [1.54, 1.807) is 24.3 Å². The molecule has 1 aliphatic heterocycles. The summed E-state index contributed by atoms with van der Waals surface area (Å²) in [6.45, 7) is 8.27. The Morgan fingerprint density at radius 2 is 1.59 bits per heavy atom. The molecule has 0 saturated heterocycles. The van der Waals surface area contributed by atoms with Gasteiger partial charge in [-0.3, -0.25) is 19.3 Å². The SMILES string of the molecule is CC(C)CC(=O)Nc1ccc(SC2=C(Nc3ccc(C(C)C)cc3)C(=O)N(Cc3ccco3)C2=O)cc1. The highest BCUT2D eigenvalue weighted by Crippen LogP contribution is 2.37. The number of anilines is 2. The molecule has 3 amide bonds. The average Bonchev–Trinajstić information content (AvgIpc) is 3.44. The van der Waals surface area contributed by atoms with Crippen molar-refractivity contribution in [1.29, 1.82) is 0 Å². The molecule has 1 aromatic heterocycles. The molecule has 0 unspecified atom stereocenters. The van der Waals surface area contributed by atoms with Gasteiger partial charge in [-0.05, 0) is 65.9 Å². The minimum absolute atomic E-state index is 0.0433. The maximum absolute atomic E-state index is 13.4. The van der Waals surface area contributed by atoms with Gasteiger partial charge < -0.3 is 15.1 Å². The van der Waals surface area contributed by atoms with Crippen LogP contribution in [-0.2, 0) is 20.9 Å². The number of nitrogens with one attached hydrogen (secondary N) is 2. The van der Waals surface area contributed by atoms with Gasteiger partial charge in [-0.15, -0.1) is 0 Å². The van der Waals surface area contributed by atoms with Crippen LogP contribution in [0.25, 0.3) is 0 Å². The Bertz CT molecular complexity index is 1290. The van der Waals surface area contributed by atoms with Crippen LogP contribution in [0.3, 0.4) is 0 Å². The van der Waals surface area contributed by atoms with Crippen LogP contribution in [0.15, 0.2) is 86.8 Å². The van der Waals surface area contributed by atoms with Gasteiger partial charge >= 0.3 is 0 Å². The molecule has 0 radical (unpaired) electrons. The number of furan rings is 1. The van der Waals surface area contributed by atoms with Crippen molar-refractivity contribution in [3.05, 3.63) is 88.9 Å². The maximum atomic E-state index is 13.4. The number of carbonyl (C=O) groups is 3. The Balaban J connectivity index is 1.57. The van der Waals surface area contributed by atoms with E-state index < -0.39 is 5.91 Å². The second-order valence-electron chi connectivity index (χ2n) is 9.65. The molecule has 0 bridgehead atoms. The number of thioether (sulfide) groups is 1. The van der Waals surface area contributed by atoms with E-state index in [-0.39, 0.29) is 30.0 Å². The van der Waals surface area contributed by atoms with Crippen molar-refractivity contribution in [3.8, 4) is 0 Å². The van der Waals surface area contributed by atoms with E-state index in [0.717, 1.165) is 10.6 Å². The molecule has 2 N–H and O–H groups in total. The number of hydrogen-bond acceptors (Lipinski definition) is 6. The third kappa shape index (κ3) is 6.51. The maximum Gasteiger partial charge on any atom is 0.278 e. The lowest BCUT2D eigenvalue weighted by molar-refractivity contribution is -0.138. The lowest BCUT2D eigenvalue weighted by atomic mass is 10.0. The third-order valence-corrected chi connectivity index (χ3v) is 6.91. The van der Waals surface area contributed by atoms with E-state index in [2.05, 4.69) is 24.5 Å². The molecule has 0 aliphatic carbocycles. The van der Waals surface area contributed by atoms with E-state index in [9.17, 15) is 14.4 Å². The summed E-state index contributed by atoms with van der Waals surface area (Å²) in [5, 5.41) is 6.07. The summed E-state index contributed by atoms with van der Waals surface area (Å²) in [6.07, 6.45) is 1.96. The van der Waals surface area contributed by atoms with Crippen LogP contribution in [0.1, 0.15) is 51.4 Å². The lowest BCUT2D eigenvalue weighted by Gasteiger charge is -2.14. The first-order chi connectivity index (χ1) is 17.7. The van der Waals surface area contributed by atoms with Crippen molar-refractivity contribution >= 4 is 40.9 Å². The van der Waals surface area contributed by atoms with E-state index in [0.29, 0.717) is 28.7 Å². The van der Waals surface area contributed by atoms with E-state index in [1.165, 1.54) is 28.5 Å². The second-order valence-corrected chi connectivity index (χ2v) is 10.7. The summed E-state index contributed by atoms with van der Waals surface area (Å²) in [4.78, 5) is 41.1.